The highest BCUT2D eigenvalue weighted by Gasteiger charge is 2.32. The van der Waals surface area contributed by atoms with Gasteiger partial charge in [-0.05, 0) is 42.0 Å². The monoisotopic (exact) mass is 617 g/mol. The minimum Gasteiger partial charge on any atom is -0.480 e. The number of aromatic amines is 2. The zero-order valence-electron chi connectivity index (χ0n) is 25.1. The molecule has 0 saturated carbocycles. The number of para-hydroxylation sites is 2. The van der Waals surface area contributed by atoms with E-state index in [1.54, 1.807) is 26.2 Å². The number of rotatable bonds is 15. The average Bonchev–Trinajstić information content (AvgIpc) is 3.60. The lowest BCUT2D eigenvalue weighted by atomic mass is 10.0. The summed E-state index contributed by atoms with van der Waals surface area (Å²) in [4.78, 5) is 69.9. The first-order valence-electron chi connectivity index (χ1n) is 14.7. The Labute approximate surface area is 259 Å². The van der Waals surface area contributed by atoms with E-state index in [0.29, 0.717) is 0 Å². The number of aliphatic carboxylic acids is 1. The molecule has 4 atom stereocenters. The van der Waals surface area contributed by atoms with Crippen LogP contribution >= 0.6 is 0 Å². The van der Waals surface area contributed by atoms with Crippen molar-refractivity contribution >= 4 is 51.4 Å². The average molecular weight is 618 g/mol. The first kappa shape index (κ1) is 32.7. The largest absolute Gasteiger partial charge is 0.480 e. The highest BCUT2D eigenvalue weighted by Crippen LogP contribution is 2.21. The van der Waals surface area contributed by atoms with E-state index in [-0.39, 0.29) is 25.7 Å². The van der Waals surface area contributed by atoms with Crippen LogP contribution in [0.2, 0.25) is 0 Å². The third-order valence-electron chi connectivity index (χ3n) is 7.73. The van der Waals surface area contributed by atoms with Crippen molar-refractivity contribution in [2.45, 2.75) is 63.7 Å². The minimum atomic E-state index is -1.30. The van der Waals surface area contributed by atoms with Gasteiger partial charge < -0.3 is 42.5 Å². The Bertz CT molecular complexity index is 1690. The number of nitrogens with two attached hydrogens (primary N) is 2. The maximum absolute atomic E-state index is 13.8. The molecular formula is C32H39N7O6. The molecular weight excluding hydrogens is 578 g/mol. The molecule has 4 rings (SSSR count). The molecule has 0 fully saturated rings. The van der Waals surface area contributed by atoms with Gasteiger partial charge in [-0.25, -0.2) is 4.79 Å². The Balaban J connectivity index is 1.57. The predicted molar refractivity (Wildman–Crippen MR) is 169 cm³/mol. The molecule has 4 unspecified atom stereocenters. The topological polar surface area (TPSA) is 225 Å². The normalized spacial score (nSPS) is 14.0. The lowest BCUT2D eigenvalue weighted by molar-refractivity contribution is -0.143. The van der Waals surface area contributed by atoms with E-state index in [0.717, 1.165) is 32.9 Å². The number of benzene rings is 2. The fourth-order valence-electron chi connectivity index (χ4n) is 5.23. The summed E-state index contributed by atoms with van der Waals surface area (Å²) in [6.07, 6.45) is 3.36. The van der Waals surface area contributed by atoms with Crippen LogP contribution in [0.4, 0.5) is 0 Å². The van der Waals surface area contributed by atoms with Gasteiger partial charge in [-0.2, -0.15) is 0 Å². The van der Waals surface area contributed by atoms with Crippen LogP contribution in [0.3, 0.4) is 0 Å². The van der Waals surface area contributed by atoms with Gasteiger partial charge in [-0.1, -0.05) is 50.2 Å². The van der Waals surface area contributed by atoms with Crippen molar-refractivity contribution in [1.29, 1.82) is 0 Å². The predicted octanol–water partition coefficient (Wildman–Crippen LogP) is 1.22. The fourth-order valence-corrected chi connectivity index (χ4v) is 5.23. The maximum Gasteiger partial charge on any atom is 0.326 e. The molecule has 238 valence electrons. The molecule has 0 aliphatic rings. The van der Waals surface area contributed by atoms with Crippen LogP contribution < -0.4 is 27.4 Å². The Morgan fingerprint density at radius 2 is 1.27 bits per heavy atom. The molecule has 2 aromatic heterocycles. The van der Waals surface area contributed by atoms with Crippen LogP contribution in [0.25, 0.3) is 21.8 Å². The third-order valence-corrected chi connectivity index (χ3v) is 7.73. The molecule has 10 N–H and O–H groups in total. The first-order valence-corrected chi connectivity index (χ1v) is 14.7. The van der Waals surface area contributed by atoms with Crippen LogP contribution in [0.1, 0.15) is 37.8 Å². The van der Waals surface area contributed by atoms with E-state index in [9.17, 15) is 29.1 Å². The molecule has 0 aliphatic heterocycles. The van der Waals surface area contributed by atoms with Crippen LogP contribution in [-0.2, 0) is 36.8 Å². The van der Waals surface area contributed by atoms with E-state index in [2.05, 4.69) is 25.9 Å². The second-order valence-electron chi connectivity index (χ2n) is 11.4. The molecule has 13 heteroatoms. The number of amides is 4. The van der Waals surface area contributed by atoms with Gasteiger partial charge in [0.2, 0.25) is 23.6 Å². The Kier molecular flexibility index (Phi) is 10.6. The van der Waals surface area contributed by atoms with Gasteiger partial charge in [0.15, 0.2) is 0 Å². The molecule has 2 heterocycles. The van der Waals surface area contributed by atoms with E-state index in [4.69, 9.17) is 11.5 Å². The molecule has 4 amide bonds. The molecule has 0 aliphatic carbocycles. The van der Waals surface area contributed by atoms with Crippen molar-refractivity contribution in [1.82, 2.24) is 25.9 Å². The number of primary amides is 1. The molecule has 0 spiro atoms. The summed E-state index contributed by atoms with van der Waals surface area (Å²) < 4.78 is 0. The van der Waals surface area contributed by atoms with E-state index < -0.39 is 59.7 Å². The maximum atomic E-state index is 13.8. The number of aromatic nitrogens is 2. The third kappa shape index (κ3) is 8.26. The zero-order valence-corrected chi connectivity index (χ0v) is 25.1. The number of carbonyl (C=O) groups excluding carboxylic acids is 4. The standard InChI is InChI=1S/C32H39N7O6/c1-17(2)28(32(44)45)39-30(42)25(11-12-27(34)40)37-31(43)26(14-19-16-36-24-10-6-4-8-21(19)24)38-29(41)22(33)13-18-15-35-23-9-5-3-7-20(18)23/h3-10,15-17,22,25-26,28,35-36H,11-14,33H2,1-2H3,(H2,34,40)(H,37,43)(H,38,41)(H,39,42)(H,44,45). The number of carboxylic acids is 1. The summed E-state index contributed by atoms with van der Waals surface area (Å²) in [5.41, 5.74) is 14.9. The Morgan fingerprint density at radius 1 is 0.756 bits per heavy atom. The van der Waals surface area contributed by atoms with E-state index >= 15 is 0 Å². The number of hydrogen-bond donors (Lipinski definition) is 8. The fraction of sp³-hybridized carbons (Fsp3) is 0.344. The summed E-state index contributed by atoms with van der Waals surface area (Å²) in [6.45, 7) is 3.25. The molecule has 4 aromatic rings. The van der Waals surface area contributed by atoms with E-state index in [1.807, 2.05) is 48.5 Å². The van der Waals surface area contributed by atoms with Gasteiger partial charge in [0, 0.05) is 47.0 Å². The SMILES string of the molecule is CC(C)C(NC(=O)C(CCC(N)=O)NC(=O)C(Cc1c[nH]c2ccccc12)NC(=O)C(N)Cc1c[nH]c2ccccc12)C(=O)O. The van der Waals surface area contributed by atoms with Gasteiger partial charge in [0.1, 0.15) is 18.1 Å². The van der Waals surface area contributed by atoms with Gasteiger partial charge in [0.05, 0.1) is 6.04 Å². The molecule has 0 saturated heterocycles. The summed E-state index contributed by atoms with van der Waals surface area (Å²) >= 11 is 0. The van der Waals surface area contributed by atoms with Crippen molar-refractivity contribution in [3.05, 3.63) is 72.1 Å². The van der Waals surface area contributed by atoms with Crippen molar-refractivity contribution in [2.24, 2.45) is 17.4 Å². The number of nitrogens with one attached hydrogen (secondary N) is 5. The van der Waals surface area contributed by atoms with E-state index in [1.165, 1.54) is 0 Å². The highest BCUT2D eigenvalue weighted by atomic mass is 16.4. The first-order chi connectivity index (χ1) is 21.4. The van der Waals surface area contributed by atoms with Crippen molar-refractivity contribution in [3.8, 4) is 0 Å². The zero-order chi connectivity index (χ0) is 32.7. The highest BCUT2D eigenvalue weighted by molar-refractivity contribution is 5.95. The van der Waals surface area contributed by atoms with Crippen LogP contribution in [-0.4, -0.2) is 68.8 Å². The quantitative estimate of drug-likeness (QED) is 0.0972. The second-order valence-corrected chi connectivity index (χ2v) is 11.4. The Morgan fingerprint density at radius 3 is 1.80 bits per heavy atom. The molecule has 13 nitrogen and oxygen atoms in total. The molecule has 0 bridgehead atoms. The summed E-state index contributed by atoms with van der Waals surface area (Å²) in [5, 5.41) is 19.1. The van der Waals surface area contributed by atoms with Crippen LogP contribution in [0.5, 0.6) is 0 Å². The molecule has 45 heavy (non-hydrogen) atoms. The van der Waals surface area contributed by atoms with Crippen LogP contribution in [0.15, 0.2) is 60.9 Å². The number of hydrogen-bond acceptors (Lipinski definition) is 6. The smallest absolute Gasteiger partial charge is 0.326 e. The van der Waals surface area contributed by atoms with Crippen LogP contribution in [0, 0.1) is 5.92 Å². The summed E-state index contributed by atoms with van der Waals surface area (Å²) in [6, 6.07) is 10.4. The lowest BCUT2D eigenvalue weighted by Crippen LogP contribution is -2.58. The number of carboxylic acid groups (broad SMARTS) is 1. The van der Waals surface area contributed by atoms with Gasteiger partial charge in [-0.15, -0.1) is 0 Å². The summed E-state index contributed by atoms with van der Waals surface area (Å²) in [5.74, 6) is -4.48. The molecule has 0 radical (unpaired) electrons. The summed E-state index contributed by atoms with van der Waals surface area (Å²) in [7, 11) is 0. The van der Waals surface area contributed by atoms with Crippen molar-refractivity contribution in [2.75, 3.05) is 0 Å². The number of carbonyl (C=O) groups is 5. The second kappa shape index (κ2) is 14.5. The Hall–Kier alpha value is -5.17. The van der Waals surface area contributed by atoms with Gasteiger partial charge in [0.25, 0.3) is 0 Å². The van der Waals surface area contributed by atoms with Crippen molar-refractivity contribution < 1.29 is 29.1 Å². The van der Waals surface area contributed by atoms with Gasteiger partial charge >= 0.3 is 5.97 Å². The number of fused-ring (bicyclic) bond motifs is 2. The van der Waals surface area contributed by atoms with Gasteiger partial charge in [-0.3, -0.25) is 19.2 Å². The number of H-pyrrole nitrogens is 2. The molecule has 2 aromatic carbocycles. The van der Waals surface area contributed by atoms with Crippen molar-refractivity contribution in [3.63, 3.8) is 0 Å². The lowest BCUT2D eigenvalue weighted by Gasteiger charge is -2.26. The minimum absolute atomic E-state index is 0.0509.